The Balaban J connectivity index is 1.73. The number of benzene rings is 3. The third-order valence-corrected chi connectivity index (χ3v) is 7.27. The zero-order valence-corrected chi connectivity index (χ0v) is 19.4. The summed E-state index contributed by atoms with van der Waals surface area (Å²) in [4.78, 5) is 4.63. The third kappa shape index (κ3) is 3.84. The van der Waals surface area contributed by atoms with E-state index in [0.29, 0.717) is 58.5 Å². The molecule has 0 spiro atoms. The predicted octanol–water partition coefficient (Wildman–Crippen LogP) is 4.60. The Kier molecular flexibility index (Phi) is 5.62. The number of nitrogens with zero attached hydrogens (tertiary/aromatic N) is 1. The molecule has 34 heavy (non-hydrogen) atoms. The second-order valence-electron chi connectivity index (χ2n) is 7.52. The van der Waals surface area contributed by atoms with Gasteiger partial charge in [-0.25, -0.2) is 8.42 Å². The van der Waals surface area contributed by atoms with Crippen LogP contribution in [0.15, 0.2) is 76.7 Å². The van der Waals surface area contributed by atoms with Gasteiger partial charge in [0.05, 0.1) is 30.3 Å². The molecule has 0 bridgehead atoms. The summed E-state index contributed by atoms with van der Waals surface area (Å²) < 4.78 is 49.4. The standard InChI is InChI=1S/C25H22N2O6S/c1-30-21-13-18-19(14-22(21)31-2)26-15-24(34(28,29)17-6-4-3-5-7-17)25(18)27-16-8-9-20-23(12-16)33-11-10-32-20/h3-9,12-15H,10-11H2,1-2H3,(H,26,27). The van der Waals surface area contributed by atoms with Gasteiger partial charge in [-0.05, 0) is 30.3 Å². The molecule has 0 aliphatic carbocycles. The molecule has 1 aromatic heterocycles. The van der Waals surface area contributed by atoms with Crippen LogP contribution in [0.2, 0.25) is 0 Å². The lowest BCUT2D eigenvalue weighted by Gasteiger charge is -2.20. The molecule has 2 heterocycles. The third-order valence-electron chi connectivity index (χ3n) is 5.49. The van der Waals surface area contributed by atoms with E-state index in [1.165, 1.54) is 20.4 Å². The normalized spacial score (nSPS) is 12.9. The van der Waals surface area contributed by atoms with E-state index in [1.807, 2.05) is 0 Å². The van der Waals surface area contributed by atoms with E-state index in [0.717, 1.165) is 0 Å². The molecule has 1 aliphatic rings. The molecular formula is C25H22N2O6S. The lowest BCUT2D eigenvalue weighted by atomic mass is 10.1. The molecule has 1 N–H and O–H groups in total. The highest BCUT2D eigenvalue weighted by atomic mass is 32.2. The van der Waals surface area contributed by atoms with Crippen LogP contribution in [0.5, 0.6) is 23.0 Å². The molecule has 4 aromatic rings. The summed E-state index contributed by atoms with van der Waals surface area (Å²) in [5.41, 5.74) is 1.55. The van der Waals surface area contributed by atoms with Crippen molar-refractivity contribution in [3.8, 4) is 23.0 Å². The number of hydrogen-bond donors (Lipinski definition) is 1. The van der Waals surface area contributed by atoms with Crippen molar-refractivity contribution in [2.45, 2.75) is 9.79 Å². The average Bonchev–Trinajstić information content (AvgIpc) is 2.88. The minimum atomic E-state index is -3.89. The minimum absolute atomic E-state index is 0.0355. The Morgan fingerprint density at radius 3 is 2.32 bits per heavy atom. The number of rotatable bonds is 6. The first kappa shape index (κ1) is 21.8. The monoisotopic (exact) mass is 478 g/mol. The fourth-order valence-electron chi connectivity index (χ4n) is 3.83. The van der Waals surface area contributed by atoms with Crippen LogP contribution in [0.25, 0.3) is 10.9 Å². The Hall–Kier alpha value is -3.98. The number of fused-ring (bicyclic) bond motifs is 2. The maximum absolute atomic E-state index is 13.6. The van der Waals surface area contributed by atoms with E-state index in [1.54, 1.807) is 60.7 Å². The molecule has 0 fully saturated rings. The highest BCUT2D eigenvalue weighted by Crippen LogP contribution is 2.41. The molecule has 0 radical (unpaired) electrons. The van der Waals surface area contributed by atoms with Gasteiger partial charge in [-0.15, -0.1) is 0 Å². The predicted molar refractivity (Wildman–Crippen MR) is 127 cm³/mol. The topological polar surface area (TPSA) is 96.0 Å². The molecule has 9 heteroatoms. The van der Waals surface area contributed by atoms with Gasteiger partial charge in [-0.1, -0.05) is 18.2 Å². The van der Waals surface area contributed by atoms with E-state index < -0.39 is 9.84 Å². The summed E-state index contributed by atoms with van der Waals surface area (Å²) in [5.74, 6) is 2.17. The summed E-state index contributed by atoms with van der Waals surface area (Å²) in [6.07, 6.45) is 1.36. The molecule has 0 unspecified atom stereocenters. The van der Waals surface area contributed by atoms with E-state index in [2.05, 4.69) is 10.3 Å². The number of methoxy groups -OCH3 is 2. The van der Waals surface area contributed by atoms with Crippen LogP contribution in [0.1, 0.15) is 0 Å². The van der Waals surface area contributed by atoms with Gasteiger partial charge < -0.3 is 24.3 Å². The van der Waals surface area contributed by atoms with E-state index in [4.69, 9.17) is 18.9 Å². The molecule has 8 nitrogen and oxygen atoms in total. The molecule has 0 atom stereocenters. The first-order valence-corrected chi connectivity index (χ1v) is 12.0. The van der Waals surface area contributed by atoms with Gasteiger partial charge >= 0.3 is 0 Å². The average molecular weight is 479 g/mol. The summed E-state index contributed by atoms with van der Waals surface area (Å²) >= 11 is 0. The Morgan fingerprint density at radius 2 is 1.59 bits per heavy atom. The van der Waals surface area contributed by atoms with Crippen LogP contribution in [0, 0.1) is 0 Å². The van der Waals surface area contributed by atoms with E-state index in [-0.39, 0.29) is 9.79 Å². The van der Waals surface area contributed by atoms with Crippen molar-refractivity contribution in [2.75, 3.05) is 32.8 Å². The van der Waals surface area contributed by atoms with Crippen LogP contribution in [-0.4, -0.2) is 40.8 Å². The lowest BCUT2D eigenvalue weighted by Crippen LogP contribution is -2.15. The highest BCUT2D eigenvalue weighted by molar-refractivity contribution is 7.91. The number of sulfone groups is 1. The first-order valence-electron chi connectivity index (χ1n) is 10.5. The number of pyridine rings is 1. The zero-order chi connectivity index (χ0) is 23.7. The maximum atomic E-state index is 13.6. The molecule has 0 amide bonds. The van der Waals surface area contributed by atoms with E-state index in [9.17, 15) is 8.42 Å². The SMILES string of the molecule is COc1cc2ncc(S(=O)(=O)c3ccccc3)c(Nc3ccc4c(c3)OCCO4)c2cc1OC. The Labute approximate surface area is 197 Å². The van der Waals surface area contributed by atoms with Crippen LogP contribution >= 0.6 is 0 Å². The number of anilines is 2. The van der Waals surface area contributed by atoms with Crippen LogP contribution in [0.4, 0.5) is 11.4 Å². The molecular weight excluding hydrogens is 456 g/mol. The van der Waals surface area contributed by atoms with Crippen molar-refractivity contribution in [3.63, 3.8) is 0 Å². The van der Waals surface area contributed by atoms with Crippen molar-refractivity contribution in [1.29, 1.82) is 0 Å². The lowest BCUT2D eigenvalue weighted by molar-refractivity contribution is 0.171. The molecule has 174 valence electrons. The van der Waals surface area contributed by atoms with Gasteiger partial charge in [0, 0.05) is 29.4 Å². The smallest absolute Gasteiger partial charge is 0.210 e. The van der Waals surface area contributed by atoms with Crippen molar-refractivity contribution in [3.05, 3.63) is 66.9 Å². The molecule has 0 saturated heterocycles. The number of aromatic nitrogens is 1. The number of hydrogen-bond acceptors (Lipinski definition) is 8. The second-order valence-corrected chi connectivity index (χ2v) is 9.44. The summed E-state index contributed by atoms with van der Waals surface area (Å²) in [6.45, 7) is 0.926. The van der Waals surface area contributed by atoms with Crippen molar-refractivity contribution >= 4 is 32.1 Å². The Bertz CT molecular complexity index is 1470. The van der Waals surface area contributed by atoms with E-state index >= 15 is 0 Å². The largest absolute Gasteiger partial charge is 0.493 e. The summed E-state index contributed by atoms with van der Waals surface area (Å²) in [7, 11) is -0.829. The minimum Gasteiger partial charge on any atom is -0.493 e. The van der Waals surface area contributed by atoms with Gasteiger partial charge in [-0.2, -0.15) is 0 Å². The van der Waals surface area contributed by atoms with Gasteiger partial charge in [0.15, 0.2) is 23.0 Å². The quantitative estimate of drug-likeness (QED) is 0.430. The van der Waals surface area contributed by atoms with Crippen molar-refractivity contribution in [1.82, 2.24) is 4.98 Å². The first-order chi connectivity index (χ1) is 16.5. The Morgan fingerprint density at radius 1 is 0.882 bits per heavy atom. The summed E-state index contributed by atoms with van der Waals surface area (Å²) in [6, 6.07) is 17.0. The second kappa shape index (κ2) is 8.75. The molecule has 3 aromatic carbocycles. The van der Waals surface area contributed by atoms with Crippen molar-refractivity contribution in [2.24, 2.45) is 0 Å². The van der Waals surface area contributed by atoms with Gasteiger partial charge in [0.1, 0.15) is 18.1 Å². The van der Waals surface area contributed by atoms with Gasteiger partial charge in [0.25, 0.3) is 0 Å². The van der Waals surface area contributed by atoms with Crippen LogP contribution in [-0.2, 0) is 9.84 Å². The zero-order valence-electron chi connectivity index (χ0n) is 18.6. The molecule has 0 saturated carbocycles. The fourth-order valence-corrected chi connectivity index (χ4v) is 5.22. The van der Waals surface area contributed by atoms with Crippen LogP contribution < -0.4 is 24.3 Å². The number of nitrogens with one attached hydrogen (secondary N) is 1. The van der Waals surface area contributed by atoms with Gasteiger partial charge in [0.2, 0.25) is 9.84 Å². The maximum Gasteiger partial charge on any atom is 0.210 e. The molecule has 5 rings (SSSR count). The van der Waals surface area contributed by atoms with Gasteiger partial charge in [-0.3, -0.25) is 4.98 Å². The fraction of sp³-hybridized carbons (Fsp3) is 0.160. The number of ether oxygens (including phenoxy) is 4. The summed E-state index contributed by atoms with van der Waals surface area (Å²) in [5, 5.41) is 3.84. The highest BCUT2D eigenvalue weighted by Gasteiger charge is 2.25. The van der Waals surface area contributed by atoms with Crippen LogP contribution in [0.3, 0.4) is 0 Å². The van der Waals surface area contributed by atoms with Crippen molar-refractivity contribution < 1.29 is 27.4 Å². The molecule has 1 aliphatic heterocycles.